The molecule has 1 fully saturated rings. The molecule has 3 nitrogen and oxygen atoms in total. The lowest BCUT2D eigenvalue weighted by Crippen LogP contribution is -2.35. The third-order valence-electron chi connectivity index (χ3n) is 3.17. The molecular formula is C13H25N3. The van der Waals surface area contributed by atoms with E-state index < -0.39 is 0 Å². The topological polar surface area (TPSA) is 39.1 Å². The lowest BCUT2D eigenvalue weighted by atomic mass is 10.2. The van der Waals surface area contributed by atoms with Crippen molar-refractivity contribution in [3.63, 3.8) is 0 Å². The summed E-state index contributed by atoms with van der Waals surface area (Å²) in [7, 11) is 0. The normalized spacial score (nSPS) is 17.4. The maximum Gasteiger partial charge on any atom is 0.0965 e. The molecule has 1 N–H and O–H groups in total. The Morgan fingerprint density at radius 1 is 1.38 bits per heavy atom. The quantitative estimate of drug-likeness (QED) is 0.651. The molecule has 1 aliphatic rings. The Bertz CT molecular complexity index is 218. The van der Waals surface area contributed by atoms with Gasteiger partial charge in [-0.05, 0) is 38.8 Å². The molecule has 1 unspecified atom stereocenters. The Balaban J connectivity index is 2.23. The molecule has 0 aromatic carbocycles. The van der Waals surface area contributed by atoms with Crippen LogP contribution >= 0.6 is 0 Å². The Morgan fingerprint density at radius 3 is 2.62 bits per heavy atom. The van der Waals surface area contributed by atoms with Crippen LogP contribution in [0, 0.1) is 11.3 Å². The lowest BCUT2D eigenvalue weighted by Gasteiger charge is -2.23. The van der Waals surface area contributed by atoms with Gasteiger partial charge in [0, 0.05) is 12.6 Å². The molecule has 92 valence electrons. The van der Waals surface area contributed by atoms with Crippen LogP contribution in [0.4, 0.5) is 0 Å². The molecular weight excluding hydrogens is 198 g/mol. The van der Waals surface area contributed by atoms with Crippen molar-refractivity contribution < 1.29 is 0 Å². The highest BCUT2D eigenvalue weighted by molar-refractivity contribution is 4.91. The second kappa shape index (κ2) is 7.65. The van der Waals surface area contributed by atoms with Crippen LogP contribution in [0.3, 0.4) is 0 Å². The third kappa shape index (κ3) is 4.96. The molecule has 1 aliphatic carbocycles. The zero-order chi connectivity index (χ0) is 11.8. The van der Waals surface area contributed by atoms with Crippen LogP contribution in [0.15, 0.2) is 0 Å². The molecule has 0 aliphatic heterocycles. The van der Waals surface area contributed by atoms with Crippen LogP contribution < -0.4 is 5.32 Å². The SMILES string of the molecule is CCCCN(CCC(C#N)NCC)C1CC1. The molecule has 0 aromatic heterocycles. The van der Waals surface area contributed by atoms with Crippen molar-refractivity contribution in [2.24, 2.45) is 0 Å². The van der Waals surface area contributed by atoms with E-state index in [2.05, 4.69) is 30.1 Å². The first-order valence-electron chi connectivity index (χ1n) is 6.68. The molecule has 16 heavy (non-hydrogen) atoms. The van der Waals surface area contributed by atoms with Gasteiger partial charge in [-0.25, -0.2) is 0 Å². The Labute approximate surface area is 99.8 Å². The van der Waals surface area contributed by atoms with Crippen LogP contribution in [0.1, 0.15) is 46.0 Å². The molecule has 0 heterocycles. The number of unbranched alkanes of at least 4 members (excludes halogenated alkanes) is 1. The van der Waals surface area contributed by atoms with Gasteiger partial charge in [0.05, 0.1) is 12.1 Å². The summed E-state index contributed by atoms with van der Waals surface area (Å²) in [6.07, 6.45) is 6.24. The monoisotopic (exact) mass is 223 g/mol. The smallest absolute Gasteiger partial charge is 0.0965 e. The lowest BCUT2D eigenvalue weighted by molar-refractivity contribution is 0.250. The number of hydrogen-bond donors (Lipinski definition) is 1. The molecule has 0 saturated heterocycles. The van der Waals surface area contributed by atoms with Gasteiger partial charge in [-0.3, -0.25) is 0 Å². The number of nitriles is 1. The van der Waals surface area contributed by atoms with Gasteiger partial charge in [0.15, 0.2) is 0 Å². The van der Waals surface area contributed by atoms with Crippen LogP contribution in [0.25, 0.3) is 0 Å². The van der Waals surface area contributed by atoms with Crippen molar-refractivity contribution in [2.75, 3.05) is 19.6 Å². The Hall–Kier alpha value is -0.590. The maximum absolute atomic E-state index is 8.97. The average Bonchev–Trinajstić information content (AvgIpc) is 3.11. The molecule has 3 heteroatoms. The molecule has 0 radical (unpaired) electrons. The highest BCUT2D eigenvalue weighted by Gasteiger charge is 2.28. The van der Waals surface area contributed by atoms with E-state index in [0.717, 1.165) is 25.6 Å². The number of nitrogens with zero attached hydrogens (tertiary/aromatic N) is 2. The Kier molecular flexibility index (Phi) is 6.44. The third-order valence-corrected chi connectivity index (χ3v) is 3.17. The first kappa shape index (κ1) is 13.5. The van der Waals surface area contributed by atoms with Gasteiger partial charge in [0.25, 0.3) is 0 Å². The molecule has 1 saturated carbocycles. The van der Waals surface area contributed by atoms with Gasteiger partial charge in [0.1, 0.15) is 0 Å². The largest absolute Gasteiger partial charge is 0.302 e. The van der Waals surface area contributed by atoms with E-state index in [9.17, 15) is 0 Å². The zero-order valence-electron chi connectivity index (χ0n) is 10.7. The predicted octanol–water partition coefficient (Wildman–Crippen LogP) is 2.14. The summed E-state index contributed by atoms with van der Waals surface area (Å²) < 4.78 is 0. The molecule has 0 bridgehead atoms. The van der Waals surface area contributed by atoms with Crippen LogP contribution in [0.2, 0.25) is 0 Å². The fourth-order valence-electron chi connectivity index (χ4n) is 2.03. The second-order valence-corrected chi connectivity index (χ2v) is 4.65. The van der Waals surface area contributed by atoms with Crippen LogP contribution in [-0.4, -0.2) is 36.6 Å². The number of rotatable bonds is 9. The van der Waals surface area contributed by atoms with Crippen molar-refractivity contribution in [1.29, 1.82) is 5.26 Å². The number of hydrogen-bond acceptors (Lipinski definition) is 3. The summed E-state index contributed by atoms with van der Waals surface area (Å²) in [5.41, 5.74) is 0. The van der Waals surface area contributed by atoms with Crippen LogP contribution in [-0.2, 0) is 0 Å². The zero-order valence-corrected chi connectivity index (χ0v) is 10.7. The van der Waals surface area contributed by atoms with Crippen molar-refractivity contribution in [3.8, 4) is 6.07 Å². The molecule has 0 spiro atoms. The predicted molar refractivity (Wildman–Crippen MR) is 67.2 cm³/mol. The summed E-state index contributed by atoms with van der Waals surface area (Å²) in [6.45, 7) is 7.47. The first-order chi connectivity index (χ1) is 7.81. The van der Waals surface area contributed by atoms with Gasteiger partial charge in [-0.15, -0.1) is 0 Å². The highest BCUT2D eigenvalue weighted by atomic mass is 15.2. The van der Waals surface area contributed by atoms with E-state index in [-0.39, 0.29) is 6.04 Å². The number of nitrogens with one attached hydrogen (secondary N) is 1. The van der Waals surface area contributed by atoms with Crippen LogP contribution in [0.5, 0.6) is 0 Å². The van der Waals surface area contributed by atoms with E-state index in [1.54, 1.807) is 0 Å². The van der Waals surface area contributed by atoms with E-state index in [4.69, 9.17) is 5.26 Å². The molecule has 1 atom stereocenters. The summed E-state index contributed by atoms with van der Waals surface area (Å²) in [5, 5.41) is 12.2. The molecule has 0 aromatic rings. The van der Waals surface area contributed by atoms with Gasteiger partial charge >= 0.3 is 0 Å². The van der Waals surface area contributed by atoms with Crippen molar-refractivity contribution in [2.45, 2.75) is 58.0 Å². The minimum absolute atomic E-state index is 0.0351. The van der Waals surface area contributed by atoms with Crippen molar-refractivity contribution in [3.05, 3.63) is 0 Å². The van der Waals surface area contributed by atoms with Crippen molar-refractivity contribution in [1.82, 2.24) is 10.2 Å². The maximum atomic E-state index is 8.97. The van der Waals surface area contributed by atoms with Crippen molar-refractivity contribution >= 4 is 0 Å². The first-order valence-corrected chi connectivity index (χ1v) is 6.68. The standard InChI is InChI=1S/C13H25N3/c1-3-5-9-16(13-6-7-13)10-8-12(11-14)15-4-2/h12-13,15H,3-10H2,1-2H3. The summed E-state index contributed by atoms with van der Waals surface area (Å²) in [4.78, 5) is 2.57. The van der Waals surface area contributed by atoms with E-state index in [1.165, 1.54) is 32.2 Å². The second-order valence-electron chi connectivity index (χ2n) is 4.65. The average molecular weight is 223 g/mol. The fourth-order valence-corrected chi connectivity index (χ4v) is 2.03. The highest BCUT2D eigenvalue weighted by Crippen LogP contribution is 2.27. The molecule has 1 rings (SSSR count). The summed E-state index contributed by atoms with van der Waals surface area (Å²) in [6, 6.07) is 3.20. The molecule has 0 amide bonds. The Morgan fingerprint density at radius 2 is 2.12 bits per heavy atom. The van der Waals surface area contributed by atoms with E-state index in [0.29, 0.717) is 0 Å². The summed E-state index contributed by atoms with van der Waals surface area (Å²) in [5.74, 6) is 0. The van der Waals surface area contributed by atoms with Gasteiger partial charge in [0.2, 0.25) is 0 Å². The van der Waals surface area contributed by atoms with Gasteiger partial charge in [-0.1, -0.05) is 20.3 Å². The van der Waals surface area contributed by atoms with Gasteiger partial charge in [-0.2, -0.15) is 5.26 Å². The minimum Gasteiger partial charge on any atom is -0.302 e. The van der Waals surface area contributed by atoms with E-state index in [1.807, 2.05) is 0 Å². The summed E-state index contributed by atoms with van der Waals surface area (Å²) >= 11 is 0. The fraction of sp³-hybridized carbons (Fsp3) is 0.923. The van der Waals surface area contributed by atoms with E-state index >= 15 is 0 Å². The minimum atomic E-state index is 0.0351. The van der Waals surface area contributed by atoms with Gasteiger partial charge < -0.3 is 10.2 Å².